The van der Waals surface area contributed by atoms with E-state index < -0.39 is 0 Å². The SMILES string of the molecule is BrCc1cc(Br)cc(CBr)c1CBr. The summed E-state index contributed by atoms with van der Waals surface area (Å²) in [5.74, 6) is 0. The Hall–Kier alpha value is 1.14. The second-order valence-electron chi connectivity index (χ2n) is 2.60. The molecule has 4 heteroatoms. The normalized spacial score (nSPS) is 10.5. The Labute approximate surface area is 112 Å². The summed E-state index contributed by atoms with van der Waals surface area (Å²) < 4.78 is 1.14. The van der Waals surface area contributed by atoms with Crippen LogP contribution in [0.3, 0.4) is 0 Å². The zero-order valence-electron chi connectivity index (χ0n) is 6.79. The highest BCUT2D eigenvalue weighted by molar-refractivity contribution is 9.10. The highest BCUT2D eigenvalue weighted by Crippen LogP contribution is 2.26. The Bertz CT molecular complexity index is 271. The van der Waals surface area contributed by atoms with E-state index in [9.17, 15) is 0 Å². The van der Waals surface area contributed by atoms with Gasteiger partial charge in [0.25, 0.3) is 0 Å². The first-order valence-corrected chi connectivity index (χ1v) is 7.86. The van der Waals surface area contributed by atoms with E-state index in [1.54, 1.807) is 0 Å². The lowest BCUT2D eigenvalue weighted by Gasteiger charge is -2.10. The van der Waals surface area contributed by atoms with Gasteiger partial charge in [-0.05, 0) is 28.8 Å². The van der Waals surface area contributed by atoms with Gasteiger partial charge in [-0.1, -0.05) is 63.7 Å². The molecule has 0 saturated heterocycles. The van der Waals surface area contributed by atoms with E-state index in [4.69, 9.17) is 0 Å². The van der Waals surface area contributed by atoms with Crippen molar-refractivity contribution in [2.45, 2.75) is 16.0 Å². The fourth-order valence-corrected chi connectivity index (χ4v) is 3.44. The van der Waals surface area contributed by atoms with Crippen molar-refractivity contribution in [1.82, 2.24) is 0 Å². The van der Waals surface area contributed by atoms with E-state index in [1.165, 1.54) is 16.7 Å². The Morgan fingerprint density at radius 3 is 1.62 bits per heavy atom. The van der Waals surface area contributed by atoms with Crippen LogP contribution in [-0.2, 0) is 16.0 Å². The molecule has 1 aromatic carbocycles. The van der Waals surface area contributed by atoms with Crippen molar-refractivity contribution in [2.24, 2.45) is 0 Å². The van der Waals surface area contributed by atoms with Gasteiger partial charge in [0, 0.05) is 20.5 Å². The molecule has 0 heterocycles. The van der Waals surface area contributed by atoms with Crippen LogP contribution in [0.15, 0.2) is 16.6 Å². The molecule has 1 aromatic rings. The van der Waals surface area contributed by atoms with E-state index >= 15 is 0 Å². The molecule has 0 spiro atoms. The average molecular weight is 436 g/mol. The van der Waals surface area contributed by atoms with Crippen molar-refractivity contribution >= 4 is 63.7 Å². The molecule has 0 atom stereocenters. The number of halogens is 4. The predicted molar refractivity (Wildman–Crippen MR) is 72.0 cm³/mol. The summed E-state index contributed by atoms with van der Waals surface area (Å²) in [5, 5.41) is 2.70. The number of rotatable bonds is 3. The first-order chi connectivity index (χ1) is 6.22. The maximum Gasteiger partial charge on any atom is 0.0289 e. The van der Waals surface area contributed by atoms with Crippen LogP contribution in [0.25, 0.3) is 0 Å². The maximum atomic E-state index is 3.51. The van der Waals surface area contributed by atoms with Crippen LogP contribution >= 0.6 is 63.7 Å². The van der Waals surface area contributed by atoms with Gasteiger partial charge < -0.3 is 0 Å². The van der Waals surface area contributed by atoms with Gasteiger partial charge in [-0.15, -0.1) is 0 Å². The van der Waals surface area contributed by atoms with E-state index in [0.29, 0.717) is 0 Å². The van der Waals surface area contributed by atoms with Crippen molar-refractivity contribution in [1.29, 1.82) is 0 Å². The quantitative estimate of drug-likeness (QED) is 0.577. The highest BCUT2D eigenvalue weighted by atomic mass is 79.9. The van der Waals surface area contributed by atoms with Crippen molar-refractivity contribution in [3.8, 4) is 0 Å². The molecule has 0 unspecified atom stereocenters. The number of benzene rings is 1. The van der Waals surface area contributed by atoms with Crippen molar-refractivity contribution in [2.75, 3.05) is 0 Å². The molecule has 0 aliphatic rings. The molecule has 0 bridgehead atoms. The molecule has 0 amide bonds. The summed E-state index contributed by atoms with van der Waals surface area (Å²) in [4.78, 5) is 0. The molecule has 0 aliphatic heterocycles. The van der Waals surface area contributed by atoms with Gasteiger partial charge in [0.1, 0.15) is 0 Å². The van der Waals surface area contributed by atoms with Crippen LogP contribution in [0.2, 0.25) is 0 Å². The summed E-state index contributed by atoms with van der Waals surface area (Å²) in [5.41, 5.74) is 4.04. The molecule has 0 aromatic heterocycles. The standard InChI is InChI=1S/C9H8Br4/c10-3-6-1-8(13)2-7(4-11)9(6)5-12/h1-2H,3-5H2. The van der Waals surface area contributed by atoms with Crippen LogP contribution in [0.1, 0.15) is 16.7 Å². The second-order valence-corrected chi connectivity index (χ2v) is 5.20. The molecular formula is C9H8Br4. The van der Waals surface area contributed by atoms with Gasteiger partial charge in [0.15, 0.2) is 0 Å². The third-order valence-electron chi connectivity index (χ3n) is 1.82. The van der Waals surface area contributed by atoms with Crippen LogP contribution in [0.4, 0.5) is 0 Å². The van der Waals surface area contributed by atoms with Gasteiger partial charge in [0.2, 0.25) is 0 Å². The van der Waals surface area contributed by atoms with Gasteiger partial charge in [0.05, 0.1) is 0 Å². The maximum absolute atomic E-state index is 3.51. The number of alkyl halides is 3. The van der Waals surface area contributed by atoms with Gasteiger partial charge >= 0.3 is 0 Å². The predicted octanol–water partition coefficient (Wildman–Crippen LogP) is 5.13. The van der Waals surface area contributed by atoms with E-state index in [-0.39, 0.29) is 0 Å². The van der Waals surface area contributed by atoms with E-state index in [0.717, 1.165) is 20.5 Å². The highest BCUT2D eigenvalue weighted by Gasteiger charge is 2.07. The van der Waals surface area contributed by atoms with Crippen LogP contribution in [0.5, 0.6) is 0 Å². The summed E-state index contributed by atoms with van der Waals surface area (Å²) in [7, 11) is 0. The summed E-state index contributed by atoms with van der Waals surface area (Å²) >= 11 is 14.0. The smallest absolute Gasteiger partial charge is 0.0289 e. The molecule has 0 N–H and O–H groups in total. The lowest BCUT2D eigenvalue weighted by atomic mass is 10.1. The summed E-state index contributed by atoms with van der Waals surface area (Å²) in [6.45, 7) is 0. The molecule has 1 rings (SSSR count). The Kier molecular flexibility index (Phi) is 5.53. The van der Waals surface area contributed by atoms with Gasteiger partial charge in [-0.2, -0.15) is 0 Å². The summed E-state index contributed by atoms with van der Waals surface area (Å²) in [6, 6.07) is 4.30. The molecule has 0 nitrogen and oxygen atoms in total. The van der Waals surface area contributed by atoms with Crippen molar-refractivity contribution < 1.29 is 0 Å². The van der Waals surface area contributed by atoms with Crippen LogP contribution in [0, 0.1) is 0 Å². The first-order valence-electron chi connectivity index (χ1n) is 3.71. The lowest BCUT2D eigenvalue weighted by Crippen LogP contribution is -1.94. The minimum absolute atomic E-state index is 0.896. The minimum Gasteiger partial charge on any atom is -0.0876 e. The van der Waals surface area contributed by atoms with Crippen molar-refractivity contribution in [3.63, 3.8) is 0 Å². The van der Waals surface area contributed by atoms with Crippen LogP contribution in [-0.4, -0.2) is 0 Å². The van der Waals surface area contributed by atoms with Gasteiger partial charge in [-0.3, -0.25) is 0 Å². The van der Waals surface area contributed by atoms with Gasteiger partial charge in [-0.25, -0.2) is 0 Å². The Balaban J connectivity index is 3.25. The molecule has 0 saturated carbocycles. The number of hydrogen-bond donors (Lipinski definition) is 0. The monoisotopic (exact) mass is 432 g/mol. The fourth-order valence-electron chi connectivity index (χ4n) is 1.17. The molecule has 72 valence electrons. The van der Waals surface area contributed by atoms with E-state index in [2.05, 4.69) is 75.9 Å². The topological polar surface area (TPSA) is 0 Å². The summed E-state index contributed by atoms with van der Waals surface area (Å²) in [6.07, 6.45) is 0. The third kappa shape index (κ3) is 3.05. The second kappa shape index (κ2) is 5.89. The fraction of sp³-hybridized carbons (Fsp3) is 0.333. The zero-order valence-corrected chi connectivity index (χ0v) is 13.1. The van der Waals surface area contributed by atoms with Crippen molar-refractivity contribution in [3.05, 3.63) is 33.3 Å². The van der Waals surface area contributed by atoms with Crippen LogP contribution < -0.4 is 0 Å². The molecule has 0 aliphatic carbocycles. The molecule has 13 heavy (non-hydrogen) atoms. The molecular weight excluding hydrogens is 428 g/mol. The minimum atomic E-state index is 0.896. The number of hydrogen-bond acceptors (Lipinski definition) is 0. The largest absolute Gasteiger partial charge is 0.0876 e. The lowest BCUT2D eigenvalue weighted by molar-refractivity contribution is 1.22. The molecule has 0 fully saturated rings. The Morgan fingerprint density at radius 2 is 1.31 bits per heavy atom. The zero-order chi connectivity index (χ0) is 9.84. The Morgan fingerprint density at radius 1 is 0.846 bits per heavy atom. The first kappa shape index (κ1) is 12.2. The average Bonchev–Trinajstić information content (AvgIpc) is 2.16. The third-order valence-corrected chi connectivity index (χ3v) is 4.05. The molecule has 0 radical (unpaired) electrons. The van der Waals surface area contributed by atoms with E-state index in [1.807, 2.05) is 0 Å².